The lowest BCUT2D eigenvalue weighted by Crippen LogP contribution is -2.53. The quantitative estimate of drug-likeness (QED) is 0.532. The van der Waals surface area contributed by atoms with Gasteiger partial charge in [-0.25, -0.2) is 4.98 Å². The number of hydrogen-bond donors (Lipinski definition) is 2. The first-order chi connectivity index (χ1) is 13.5. The van der Waals surface area contributed by atoms with Gasteiger partial charge in [0.25, 0.3) is 5.60 Å². The summed E-state index contributed by atoms with van der Waals surface area (Å²) in [6.45, 7) is 0. The van der Waals surface area contributed by atoms with Gasteiger partial charge in [0.15, 0.2) is 0 Å². The van der Waals surface area contributed by atoms with E-state index in [-0.39, 0.29) is 5.69 Å². The molecular weight excluding hydrogens is 398 g/mol. The molecule has 0 fully saturated rings. The minimum absolute atomic E-state index is 0.207. The lowest BCUT2D eigenvalue weighted by atomic mass is 9.92. The van der Waals surface area contributed by atoms with Crippen molar-refractivity contribution in [3.8, 4) is 11.1 Å². The van der Waals surface area contributed by atoms with Gasteiger partial charge in [-0.15, -0.1) is 0 Å². The Balaban J connectivity index is 1.87. The van der Waals surface area contributed by atoms with Crippen molar-refractivity contribution >= 4 is 11.5 Å². The fraction of sp³-hybridized carbons (Fsp3) is 0.150. The highest BCUT2D eigenvalue weighted by molar-refractivity contribution is 5.68. The van der Waals surface area contributed by atoms with Crippen LogP contribution in [0, 0.1) is 0 Å². The Morgan fingerprint density at radius 1 is 0.724 bits per heavy atom. The zero-order valence-electron chi connectivity index (χ0n) is 14.6. The van der Waals surface area contributed by atoms with E-state index in [9.17, 15) is 31.4 Å². The highest BCUT2D eigenvalue weighted by Gasteiger charge is 2.71. The molecule has 0 amide bonds. The lowest BCUT2D eigenvalue weighted by molar-refractivity contribution is -0.376. The molecule has 0 aliphatic carbocycles. The molecule has 0 aliphatic heterocycles. The third-order valence-corrected chi connectivity index (χ3v) is 4.26. The zero-order valence-corrected chi connectivity index (χ0v) is 14.6. The Morgan fingerprint density at radius 2 is 1.31 bits per heavy atom. The Labute approximate surface area is 161 Å². The maximum atomic E-state index is 12.9. The number of halogens is 6. The molecular formula is C20H14F6N2O. The molecule has 0 spiro atoms. The van der Waals surface area contributed by atoms with Crippen LogP contribution in [0.15, 0.2) is 72.9 Å². The number of nitrogens with one attached hydrogen (secondary N) is 1. The molecule has 3 rings (SSSR count). The summed E-state index contributed by atoms with van der Waals surface area (Å²) in [5, 5.41) is 12.2. The maximum absolute atomic E-state index is 12.9. The van der Waals surface area contributed by atoms with E-state index < -0.39 is 23.5 Å². The Kier molecular flexibility index (Phi) is 5.27. The van der Waals surface area contributed by atoms with Gasteiger partial charge in [0.05, 0.1) is 0 Å². The molecule has 2 aromatic carbocycles. The van der Waals surface area contributed by atoms with Crippen LogP contribution in [0.25, 0.3) is 11.1 Å². The summed E-state index contributed by atoms with van der Waals surface area (Å²) in [5.41, 5.74) is -4.34. The first kappa shape index (κ1) is 20.7. The largest absolute Gasteiger partial charge is 0.430 e. The van der Waals surface area contributed by atoms with Crippen molar-refractivity contribution in [2.24, 2.45) is 0 Å². The third kappa shape index (κ3) is 4.04. The van der Waals surface area contributed by atoms with Gasteiger partial charge in [-0.05, 0) is 35.4 Å². The van der Waals surface area contributed by atoms with Crippen molar-refractivity contribution in [3.63, 3.8) is 0 Å². The molecule has 0 atom stereocenters. The van der Waals surface area contributed by atoms with Crippen molar-refractivity contribution in [2.45, 2.75) is 18.0 Å². The average Bonchev–Trinajstić information content (AvgIpc) is 2.67. The molecule has 0 saturated carbocycles. The third-order valence-electron chi connectivity index (χ3n) is 4.26. The minimum atomic E-state index is -5.92. The van der Waals surface area contributed by atoms with E-state index in [2.05, 4.69) is 10.3 Å². The monoisotopic (exact) mass is 412 g/mol. The highest BCUT2D eigenvalue weighted by Crippen LogP contribution is 2.50. The molecule has 0 bridgehead atoms. The summed E-state index contributed by atoms with van der Waals surface area (Å²) in [6, 6.07) is 15.9. The Hall–Kier alpha value is -3.07. The number of pyridine rings is 1. The smallest absolute Gasteiger partial charge is 0.369 e. The van der Waals surface area contributed by atoms with E-state index in [0.717, 1.165) is 23.3 Å². The molecule has 0 aliphatic rings. The van der Waals surface area contributed by atoms with E-state index in [1.807, 2.05) is 30.3 Å². The van der Waals surface area contributed by atoms with Crippen molar-refractivity contribution in [2.75, 3.05) is 5.32 Å². The fourth-order valence-corrected chi connectivity index (χ4v) is 2.74. The van der Waals surface area contributed by atoms with E-state index in [4.69, 9.17) is 0 Å². The van der Waals surface area contributed by atoms with Crippen molar-refractivity contribution in [1.29, 1.82) is 0 Å². The van der Waals surface area contributed by atoms with E-state index in [1.165, 1.54) is 6.20 Å². The standard InChI is InChI=1S/C20H14F6N2O/c21-19(22,23)18(29,20(24,25)26)15-6-8-16(9-7-15)28-17-12-14(10-11-27-17)13-4-2-1-3-5-13/h1-12,29H,(H,27,28). The van der Waals surface area contributed by atoms with E-state index in [0.29, 0.717) is 18.0 Å². The number of nitrogens with zero attached hydrogens (tertiary/aromatic N) is 1. The number of alkyl halides is 6. The second-order valence-corrected chi connectivity index (χ2v) is 6.20. The summed E-state index contributed by atoms with van der Waals surface area (Å²) < 4.78 is 77.7. The predicted octanol–water partition coefficient (Wildman–Crippen LogP) is 5.80. The highest BCUT2D eigenvalue weighted by atomic mass is 19.4. The molecule has 0 unspecified atom stereocenters. The van der Waals surface area contributed by atoms with Crippen molar-refractivity contribution < 1.29 is 31.4 Å². The Morgan fingerprint density at radius 3 is 1.86 bits per heavy atom. The molecule has 3 nitrogen and oxygen atoms in total. The second-order valence-electron chi connectivity index (χ2n) is 6.20. The number of hydrogen-bond acceptors (Lipinski definition) is 3. The molecule has 0 saturated heterocycles. The summed E-state index contributed by atoms with van der Waals surface area (Å²) in [5.74, 6) is 0.348. The van der Waals surface area contributed by atoms with Crippen LogP contribution in [0.4, 0.5) is 37.8 Å². The van der Waals surface area contributed by atoms with Crippen LogP contribution in [-0.4, -0.2) is 22.4 Å². The van der Waals surface area contributed by atoms with Crippen LogP contribution in [-0.2, 0) is 5.60 Å². The molecule has 2 N–H and O–H groups in total. The topological polar surface area (TPSA) is 45.1 Å². The van der Waals surface area contributed by atoms with Crippen LogP contribution in [0.2, 0.25) is 0 Å². The summed E-state index contributed by atoms with van der Waals surface area (Å²) in [6.07, 6.45) is -10.3. The van der Waals surface area contributed by atoms with Gasteiger partial charge in [-0.1, -0.05) is 42.5 Å². The molecule has 1 aromatic heterocycles. The number of benzene rings is 2. The van der Waals surface area contributed by atoms with Gasteiger partial charge in [0, 0.05) is 17.4 Å². The number of rotatable bonds is 4. The van der Waals surface area contributed by atoms with Gasteiger partial charge in [-0.2, -0.15) is 26.3 Å². The first-order valence-electron chi connectivity index (χ1n) is 8.27. The van der Waals surface area contributed by atoms with Crippen molar-refractivity contribution in [3.05, 3.63) is 78.5 Å². The first-order valence-corrected chi connectivity index (χ1v) is 8.27. The summed E-state index contributed by atoms with van der Waals surface area (Å²) in [4.78, 5) is 4.09. The van der Waals surface area contributed by atoms with Crippen LogP contribution in [0.3, 0.4) is 0 Å². The van der Waals surface area contributed by atoms with Crippen LogP contribution in [0.5, 0.6) is 0 Å². The molecule has 0 radical (unpaired) electrons. The number of anilines is 2. The summed E-state index contributed by atoms with van der Waals surface area (Å²) in [7, 11) is 0. The van der Waals surface area contributed by atoms with Gasteiger partial charge >= 0.3 is 12.4 Å². The van der Waals surface area contributed by atoms with Gasteiger partial charge < -0.3 is 10.4 Å². The fourth-order valence-electron chi connectivity index (χ4n) is 2.74. The molecule has 152 valence electrons. The van der Waals surface area contributed by atoms with Crippen LogP contribution < -0.4 is 5.32 Å². The predicted molar refractivity (Wildman–Crippen MR) is 95.4 cm³/mol. The maximum Gasteiger partial charge on any atom is 0.430 e. The molecule has 29 heavy (non-hydrogen) atoms. The zero-order chi connectivity index (χ0) is 21.3. The second kappa shape index (κ2) is 7.40. The molecule has 1 heterocycles. The molecule has 3 aromatic rings. The van der Waals surface area contributed by atoms with E-state index >= 15 is 0 Å². The van der Waals surface area contributed by atoms with Crippen molar-refractivity contribution in [1.82, 2.24) is 4.98 Å². The van der Waals surface area contributed by atoms with E-state index in [1.54, 1.807) is 12.1 Å². The summed E-state index contributed by atoms with van der Waals surface area (Å²) >= 11 is 0. The average molecular weight is 412 g/mol. The minimum Gasteiger partial charge on any atom is -0.369 e. The lowest BCUT2D eigenvalue weighted by Gasteiger charge is -2.32. The Bertz CT molecular complexity index is 955. The van der Waals surface area contributed by atoms with Crippen LogP contribution >= 0.6 is 0 Å². The van der Waals surface area contributed by atoms with Crippen LogP contribution in [0.1, 0.15) is 5.56 Å². The van der Waals surface area contributed by atoms with Gasteiger partial charge in [-0.3, -0.25) is 0 Å². The van der Waals surface area contributed by atoms with Gasteiger partial charge in [0.2, 0.25) is 0 Å². The number of aromatic nitrogens is 1. The normalized spacial score (nSPS) is 12.7. The number of aliphatic hydroxyl groups is 1. The SMILES string of the molecule is OC(c1ccc(Nc2cc(-c3ccccc3)ccn2)cc1)(C(F)(F)F)C(F)(F)F. The van der Waals surface area contributed by atoms with Gasteiger partial charge in [0.1, 0.15) is 5.82 Å². The molecule has 9 heteroatoms.